The monoisotopic (exact) mass is 357 g/mol. The molecule has 110 valence electrons. The topological polar surface area (TPSA) is 78.6 Å². The molecule has 8 heteroatoms. The smallest absolute Gasteiger partial charge is 0.376 e. The van der Waals surface area contributed by atoms with E-state index in [1.807, 2.05) is 0 Å². The highest BCUT2D eigenvalue weighted by atomic mass is 79.9. The first-order valence-corrected chi connectivity index (χ1v) is 6.40. The number of carbonyl (C=O) groups is 2. The van der Waals surface area contributed by atoms with Crippen molar-refractivity contribution in [1.29, 1.82) is 0 Å². The molecule has 0 unspecified atom stereocenters. The van der Waals surface area contributed by atoms with E-state index in [9.17, 15) is 14.0 Å². The largest absolute Gasteiger partial charge is 0.464 e. The zero-order valence-electron chi connectivity index (χ0n) is 11.0. The Kier molecular flexibility index (Phi) is 4.37. The van der Waals surface area contributed by atoms with Crippen LogP contribution < -0.4 is 0 Å². The summed E-state index contributed by atoms with van der Waals surface area (Å²) in [5.41, 5.74) is 0.0623. The van der Waals surface area contributed by atoms with Gasteiger partial charge in [0.25, 0.3) is 0 Å². The molecule has 2 aromatic rings. The van der Waals surface area contributed by atoms with E-state index in [1.54, 1.807) is 0 Å². The molecule has 1 heterocycles. The van der Waals surface area contributed by atoms with Crippen LogP contribution in [-0.4, -0.2) is 31.1 Å². The maximum absolute atomic E-state index is 13.1. The summed E-state index contributed by atoms with van der Waals surface area (Å²) < 4.78 is 27.7. The molecule has 0 radical (unpaired) electrons. The molecule has 0 fully saturated rings. The summed E-state index contributed by atoms with van der Waals surface area (Å²) in [4.78, 5) is 27.1. The number of rotatable bonds is 3. The Balaban J connectivity index is 2.58. The fraction of sp³-hybridized carbons (Fsp3) is 0.154. The minimum absolute atomic E-state index is 0.0392. The Morgan fingerprint density at radius 1 is 1.24 bits per heavy atom. The lowest BCUT2D eigenvalue weighted by atomic mass is 10.2. The number of halogens is 2. The van der Waals surface area contributed by atoms with Crippen molar-refractivity contribution in [2.24, 2.45) is 0 Å². The van der Waals surface area contributed by atoms with Gasteiger partial charge in [0.05, 0.1) is 19.8 Å². The van der Waals surface area contributed by atoms with Gasteiger partial charge in [-0.15, -0.1) is 0 Å². The highest BCUT2D eigenvalue weighted by Gasteiger charge is 2.28. The van der Waals surface area contributed by atoms with E-state index in [-0.39, 0.29) is 17.3 Å². The molecule has 0 aliphatic carbocycles. The van der Waals surface area contributed by atoms with Crippen molar-refractivity contribution in [3.63, 3.8) is 0 Å². The van der Waals surface area contributed by atoms with E-state index in [1.165, 1.54) is 18.2 Å². The van der Waals surface area contributed by atoms with E-state index in [4.69, 9.17) is 4.42 Å². The standard InChI is InChI=1S/C13H9BrFNO5/c1-19-12(17)9-10(13(18)20-2)21-11(16-9)7-4-3-6(15)5-8(7)14/h3-5H,1-2H3. The van der Waals surface area contributed by atoms with Crippen molar-refractivity contribution in [2.45, 2.75) is 0 Å². The molecular formula is C13H9BrFNO5. The molecule has 1 aromatic carbocycles. The van der Waals surface area contributed by atoms with Crippen molar-refractivity contribution in [2.75, 3.05) is 14.2 Å². The molecule has 0 N–H and O–H groups in total. The molecule has 0 saturated heterocycles. The van der Waals surface area contributed by atoms with Crippen LogP contribution in [0.2, 0.25) is 0 Å². The van der Waals surface area contributed by atoms with E-state index >= 15 is 0 Å². The van der Waals surface area contributed by atoms with Gasteiger partial charge in [0, 0.05) is 4.47 Å². The van der Waals surface area contributed by atoms with Crippen LogP contribution in [0.4, 0.5) is 4.39 Å². The number of nitrogens with zero attached hydrogens (tertiary/aromatic N) is 1. The summed E-state index contributed by atoms with van der Waals surface area (Å²) in [6.45, 7) is 0. The molecule has 0 saturated carbocycles. The van der Waals surface area contributed by atoms with Crippen LogP contribution in [0, 0.1) is 5.82 Å². The SMILES string of the molecule is COC(=O)c1nc(-c2ccc(F)cc2Br)oc1C(=O)OC. The van der Waals surface area contributed by atoms with Gasteiger partial charge in [0.15, 0.2) is 0 Å². The summed E-state index contributed by atoms with van der Waals surface area (Å²) in [5, 5.41) is 0. The first kappa shape index (κ1) is 15.2. The summed E-state index contributed by atoms with van der Waals surface area (Å²) >= 11 is 3.15. The van der Waals surface area contributed by atoms with E-state index in [0.717, 1.165) is 14.2 Å². The maximum Gasteiger partial charge on any atom is 0.376 e. The fourth-order valence-electron chi connectivity index (χ4n) is 1.56. The number of carbonyl (C=O) groups excluding carboxylic acids is 2. The number of oxazole rings is 1. The van der Waals surface area contributed by atoms with Gasteiger partial charge in [-0.25, -0.2) is 19.0 Å². The number of hydrogen-bond acceptors (Lipinski definition) is 6. The molecule has 0 aliphatic rings. The van der Waals surface area contributed by atoms with Gasteiger partial charge in [0.1, 0.15) is 5.82 Å². The average molecular weight is 358 g/mol. The summed E-state index contributed by atoms with van der Waals surface area (Å²) in [5.74, 6) is -2.59. The lowest BCUT2D eigenvalue weighted by Gasteiger charge is -1.99. The molecule has 0 atom stereocenters. The van der Waals surface area contributed by atoms with Crippen molar-refractivity contribution in [3.8, 4) is 11.5 Å². The average Bonchev–Trinajstić information content (AvgIpc) is 2.90. The third-order valence-electron chi connectivity index (χ3n) is 2.54. The zero-order valence-corrected chi connectivity index (χ0v) is 12.6. The second-order valence-electron chi connectivity index (χ2n) is 3.80. The minimum Gasteiger partial charge on any atom is -0.464 e. The van der Waals surface area contributed by atoms with Gasteiger partial charge >= 0.3 is 11.9 Å². The third kappa shape index (κ3) is 2.94. The van der Waals surface area contributed by atoms with Gasteiger partial charge < -0.3 is 13.9 Å². The molecule has 0 aliphatic heterocycles. The molecule has 6 nitrogen and oxygen atoms in total. The molecule has 1 aromatic heterocycles. The molecule has 2 rings (SSSR count). The number of benzene rings is 1. The lowest BCUT2D eigenvalue weighted by molar-refractivity contribution is 0.0527. The maximum atomic E-state index is 13.1. The summed E-state index contributed by atoms with van der Waals surface area (Å²) in [7, 11) is 2.28. The summed E-state index contributed by atoms with van der Waals surface area (Å²) in [6, 6.07) is 3.79. The Bertz CT molecular complexity index is 679. The Morgan fingerprint density at radius 3 is 2.48 bits per heavy atom. The minimum atomic E-state index is -0.868. The predicted octanol–water partition coefficient (Wildman–Crippen LogP) is 2.82. The molecule has 0 bridgehead atoms. The number of esters is 2. The van der Waals surface area contributed by atoms with Gasteiger partial charge in [0.2, 0.25) is 17.3 Å². The van der Waals surface area contributed by atoms with Crippen LogP contribution in [0.15, 0.2) is 27.1 Å². The third-order valence-corrected chi connectivity index (χ3v) is 3.19. The van der Waals surface area contributed by atoms with E-state index in [0.29, 0.717) is 10.0 Å². The normalized spacial score (nSPS) is 10.3. The quantitative estimate of drug-likeness (QED) is 0.786. The molecule has 0 spiro atoms. The fourth-order valence-corrected chi connectivity index (χ4v) is 2.08. The van der Waals surface area contributed by atoms with Gasteiger partial charge in [-0.05, 0) is 34.1 Å². The van der Waals surface area contributed by atoms with E-state index < -0.39 is 17.8 Å². The van der Waals surface area contributed by atoms with Crippen molar-refractivity contribution in [3.05, 3.63) is 39.9 Å². The first-order chi connectivity index (χ1) is 9.97. The van der Waals surface area contributed by atoms with Gasteiger partial charge in [-0.3, -0.25) is 0 Å². The zero-order chi connectivity index (χ0) is 15.6. The predicted molar refractivity (Wildman–Crippen MR) is 72.3 cm³/mol. The second-order valence-corrected chi connectivity index (χ2v) is 4.66. The van der Waals surface area contributed by atoms with Crippen molar-refractivity contribution in [1.82, 2.24) is 4.98 Å². The number of ether oxygens (including phenoxy) is 2. The molecular weight excluding hydrogens is 349 g/mol. The lowest BCUT2D eigenvalue weighted by Crippen LogP contribution is -2.10. The van der Waals surface area contributed by atoms with Crippen LogP contribution >= 0.6 is 15.9 Å². The van der Waals surface area contributed by atoms with Crippen molar-refractivity contribution >= 4 is 27.9 Å². The van der Waals surface area contributed by atoms with Crippen LogP contribution in [0.3, 0.4) is 0 Å². The number of aromatic nitrogens is 1. The first-order valence-electron chi connectivity index (χ1n) is 5.60. The highest BCUT2D eigenvalue weighted by Crippen LogP contribution is 2.30. The van der Waals surface area contributed by atoms with Crippen LogP contribution in [-0.2, 0) is 9.47 Å². The molecule has 21 heavy (non-hydrogen) atoms. The van der Waals surface area contributed by atoms with Crippen molar-refractivity contribution < 1.29 is 27.9 Å². The Labute approximate surface area is 127 Å². The molecule has 0 amide bonds. The van der Waals surface area contributed by atoms with Gasteiger partial charge in [-0.1, -0.05) is 0 Å². The van der Waals surface area contributed by atoms with Crippen LogP contribution in [0.1, 0.15) is 21.0 Å². The number of methoxy groups -OCH3 is 2. The number of hydrogen-bond donors (Lipinski definition) is 0. The van der Waals surface area contributed by atoms with Crippen LogP contribution in [0.5, 0.6) is 0 Å². The summed E-state index contributed by atoms with van der Waals surface area (Å²) in [6.07, 6.45) is 0. The van der Waals surface area contributed by atoms with Crippen LogP contribution in [0.25, 0.3) is 11.5 Å². The Hall–Kier alpha value is -2.22. The van der Waals surface area contributed by atoms with Gasteiger partial charge in [-0.2, -0.15) is 0 Å². The Morgan fingerprint density at radius 2 is 1.90 bits per heavy atom. The highest BCUT2D eigenvalue weighted by molar-refractivity contribution is 9.10. The van der Waals surface area contributed by atoms with E-state index in [2.05, 4.69) is 30.4 Å². The second kappa shape index (κ2) is 6.04.